The van der Waals surface area contributed by atoms with E-state index in [-0.39, 0.29) is 12.7 Å². The van der Waals surface area contributed by atoms with E-state index in [2.05, 4.69) is 26.9 Å². The summed E-state index contributed by atoms with van der Waals surface area (Å²) in [4.78, 5) is 12.2. The second-order valence-electron chi connectivity index (χ2n) is 6.61. The first-order valence-corrected chi connectivity index (χ1v) is 9.24. The molecule has 7 heteroatoms. The smallest absolute Gasteiger partial charge is 0.271 e. The van der Waals surface area contributed by atoms with E-state index >= 15 is 0 Å². The first kappa shape index (κ1) is 17.3. The molecule has 1 aromatic heterocycles. The molecule has 1 aliphatic heterocycles. The highest BCUT2D eigenvalue weighted by Gasteiger charge is 2.14. The highest BCUT2D eigenvalue weighted by Crippen LogP contribution is 2.34. The Bertz CT molecular complexity index is 849. The number of rotatable bonds is 6. The van der Waals surface area contributed by atoms with Gasteiger partial charge in [-0.25, -0.2) is 0 Å². The van der Waals surface area contributed by atoms with Gasteiger partial charge in [0.15, 0.2) is 23.0 Å². The molecule has 27 heavy (non-hydrogen) atoms. The lowest BCUT2D eigenvalue weighted by molar-refractivity contribution is 0.0948. The van der Waals surface area contributed by atoms with Gasteiger partial charge in [0.1, 0.15) is 0 Å². The van der Waals surface area contributed by atoms with E-state index in [0.717, 1.165) is 30.7 Å². The number of hydrogen-bond donors (Lipinski definition) is 2. The number of ether oxygens (including phenoxy) is 2. The van der Waals surface area contributed by atoms with Gasteiger partial charge in [-0.15, -0.1) is 10.2 Å². The average Bonchev–Trinajstić information content (AvgIpc) is 3.17. The van der Waals surface area contributed by atoms with Crippen molar-refractivity contribution in [1.82, 2.24) is 15.5 Å². The molecule has 0 unspecified atom stereocenters. The van der Waals surface area contributed by atoms with Gasteiger partial charge in [-0.2, -0.15) is 0 Å². The Labute approximate surface area is 157 Å². The fourth-order valence-electron chi connectivity index (χ4n) is 3.20. The van der Waals surface area contributed by atoms with Crippen LogP contribution in [0.2, 0.25) is 0 Å². The van der Waals surface area contributed by atoms with Crippen LogP contribution in [-0.2, 0) is 0 Å². The van der Waals surface area contributed by atoms with Crippen LogP contribution in [-0.4, -0.2) is 29.4 Å². The summed E-state index contributed by atoms with van der Waals surface area (Å²) in [6, 6.07) is 8.94. The molecule has 2 aliphatic rings. The van der Waals surface area contributed by atoms with Crippen LogP contribution in [0.4, 0.5) is 11.5 Å². The third kappa shape index (κ3) is 4.36. The van der Waals surface area contributed by atoms with Crippen LogP contribution in [0.5, 0.6) is 11.5 Å². The number of nitrogens with zero attached hydrogens (tertiary/aromatic N) is 2. The molecule has 1 aliphatic carbocycles. The molecule has 1 amide bonds. The third-order valence-electron chi connectivity index (χ3n) is 4.66. The largest absolute Gasteiger partial charge is 0.454 e. The molecule has 0 bridgehead atoms. The number of fused-ring (bicyclic) bond motifs is 1. The Morgan fingerprint density at radius 1 is 1.07 bits per heavy atom. The van der Waals surface area contributed by atoms with E-state index < -0.39 is 0 Å². The maximum Gasteiger partial charge on any atom is 0.271 e. The highest BCUT2D eigenvalue weighted by atomic mass is 16.7. The molecule has 0 saturated heterocycles. The maximum absolute atomic E-state index is 12.2. The van der Waals surface area contributed by atoms with Gasteiger partial charge >= 0.3 is 0 Å². The molecule has 1 aromatic carbocycles. The Hall–Kier alpha value is -3.09. The van der Waals surface area contributed by atoms with E-state index in [4.69, 9.17) is 9.47 Å². The normalized spacial score (nSPS) is 15.2. The predicted octanol–water partition coefficient (Wildman–Crippen LogP) is 3.57. The standard InChI is InChI=1S/C20H22N4O3/c25-20(21-11-10-14-4-2-1-3-5-14)16-7-9-19(24-23-16)22-15-6-8-17-18(12-15)27-13-26-17/h4,6-9,12H,1-3,5,10-11,13H2,(H,21,25)(H,22,24). The van der Waals surface area contributed by atoms with Gasteiger partial charge < -0.3 is 20.1 Å². The number of carbonyl (C=O) groups excluding carboxylic acids is 1. The molecule has 2 heterocycles. The van der Waals surface area contributed by atoms with Crippen molar-refractivity contribution in [3.8, 4) is 11.5 Å². The summed E-state index contributed by atoms with van der Waals surface area (Å²) in [6.45, 7) is 0.864. The lowest BCUT2D eigenvalue weighted by atomic mass is 9.97. The van der Waals surface area contributed by atoms with Crippen molar-refractivity contribution in [2.45, 2.75) is 32.1 Å². The van der Waals surface area contributed by atoms with E-state index in [0.29, 0.717) is 23.8 Å². The predicted molar refractivity (Wildman–Crippen MR) is 101 cm³/mol. The van der Waals surface area contributed by atoms with Crippen LogP contribution < -0.4 is 20.1 Å². The molecule has 0 atom stereocenters. The maximum atomic E-state index is 12.2. The SMILES string of the molecule is O=C(NCCC1=CCCCC1)c1ccc(Nc2ccc3c(c2)OCO3)nn1. The minimum absolute atomic E-state index is 0.200. The molecular weight excluding hydrogens is 344 g/mol. The summed E-state index contributed by atoms with van der Waals surface area (Å²) in [5, 5.41) is 14.1. The first-order chi connectivity index (χ1) is 13.3. The molecule has 0 spiro atoms. The number of anilines is 2. The van der Waals surface area contributed by atoms with Crippen LogP contribution in [0.3, 0.4) is 0 Å². The van der Waals surface area contributed by atoms with Crippen molar-refractivity contribution in [3.63, 3.8) is 0 Å². The van der Waals surface area contributed by atoms with E-state index in [9.17, 15) is 4.79 Å². The zero-order valence-electron chi connectivity index (χ0n) is 15.0. The van der Waals surface area contributed by atoms with E-state index in [1.54, 1.807) is 12.1 Å². The van der Waals surface area contributed by atoms with Gasteiger partial charge in [0, 0.05) is 18.3 Å². The second-order valence-corrected chi connectivity index (χ2v) is 6.61. The van der Waals surface area contributed by atoms with Crippen molar-refractivity contribution in [2.24, 2.45) is 0 Å². The molecule has 0 fully saturated rings. The molecule has 140 valence electrons. The molecule has 4 rings (SSSR count). The van der Waals surface area contributed by atoms with Gasteiger partial charge in [0.2, 0.25) is 6.79 Å². The molecule has 0 radical (unpaired) electrons. The Kier molecular flexibility index (Phi) is 5.18. The summed E-state index contributed by atoms with van der Waals surface area (Å²) in [7, 11) is 0. The minimum atomic E-state index is -0.200. The van der Waals surface area contributed by atoms with Crippen LogP contribution in [0, 0.1) is 0 Å². The molecular formula is C20H22N4O3. The lowest BCUT2D eigenvalue weighted by Crippen LogP contribution is -2.26. The van der Waals surface area contributed by atoms with Crippen molar-refractivity contribution in [1.29, 1.82) is 0 Å². The Morgan fingerprint density at radius 3 is 2.81 bits per heavy atom. The summed E-state index contributed by atoms with van der Waals surface area (Å²) in [5.41, 5.74) is 2.56. The summed E-state index contributed by atoms with van der Waals surface area (Å²) >= 11 is 0. The van der Waals surface area contributed by atoms with E-state index in [1.165, 1.54) is 18.4 Å². The quantitative estimate of drug-likeness (QED) is 0.760. The molecule has 7 nitrogen and oxygen atoms in total. The van der Waals surface area contributed by atoms with Crippen LogP contribution in [0.1, 0.15) is 42.6 Å². The number of amides is 1. The minimum Gasteiger partial charge on any atom is -0.454 e. The van der Waals surface area contributed by atoms with Crippen molar-refractivity contribution >= 4 is 17.4 Å². The molecule has 2 N–H and O–H groups in total. The molecule has 0 saturated carbocycles. The van der Waals surface area contributed by atoms with E-state index in [1.807, 2.05) is 18.2 Å². The van der Waals surface area contributed by atoms with Crippen LogP contribution in [0.15, 0.2) is 42.0 Å². The van der Waals surface area contributed by atoms with Crippen LogP contribution >= 0.6 is 0 Å². The summed E-state index contributed by atoms with van der Waals surface area (Å²) in [5.74, 6) is 1.77. The third-order valence-corrected chi connectivity index (χ3v) is 4.66. The van der Waals surface area contributed by atoms with Crippen molar-refractivity contribution in [3.05, 3.63) is 47.7 Å². The average molecular weight is 366 g/mol. The summed E-state index contributed by atoms with van der Waals surface area (Å²) in [6.07, 6.45) is 8.04. The number of aromatic nitrogens is 2. The van der Waals surface area contributed by atoms with Gasteiger partial charge in [-0.3, -0.25) is 4.79 Å². The summed E-state index contributed by atoms with van der Waals surface area (Å²) < 4.78 is 10.6. The van der Waals surface area contributed by atoms with Crippen LogP contribution in [0.25, 0.3) is 0 Å². The first-order valence-electron chi connectivity index (χ1n) is 9.24. The Morgan fingerprint density at radius 2 is 2.00 bits per heavy atom. The number of allylic oxidation sites excluding steroid dienone is 1. The zero-order chi connectivity index (χ0) is 18.5. The van der Waals surface area contributed by atoms with Gasteiger partial charge in [-0.05, 0) is 56.4 Å². The number of nitrogens with one attached hydrogen (secondary N) is 2. The van der Waals surface area contributed by atoms with Crippen molar-refractivity contribution in [2.75, 3.05) is 18.7 Å². The van der Waals surface area contributed by atoms with Crippen molar-refractivity contribution < 1.29 is 14.3 Å². The number of carbonyl (C=O) groups is 1. The van der Waals surface area contributed by atoms with Gasteiger partial charge in [0.05, 0.1) is 0 Å². The number of hydrogen-bond acceptors (Lipinski definition) is 6. The highest BCUT2D eigenvalue weighted by molar-refractivity contribution is 5.92. The lowest BCUT2D eigenvalue weighted by Gasteiger charge is -2.12. The fraction of sp³-hybridized carbons (Fsp3) is 0.350. The second kappa shape index (κ2) is 8.07. The number of benzene rings is 1. The topological polar surface area (TPSA) is 85.4 Å². The van der Waals surface area contributed by atoms with Gasteiger partial charge in [-0.1, -0.05) is 11.6 Å². The monoisotopic (exact) mass is 366 g/mol. The Balaban J connectivity index is 1.30. The van der Waals surface area contributed by atoms with Gasteiger partial charge in [0.25, 0.3) is 5.91 Å². The fourth-order valence-corrected chi connectivity index (χ4v) is 3.20. The molecule has 2 aromatic rings. The zero-order valence-corrected chi connectivity index (χ0v) is 15.0.